The predicted molar refractivity (Wildman–Crippen MR) is 131 cm³/mol. The Labute approximate surface area is 194 Å². The highest BCUT2D eigenvalue weighted by Gasteiger charge is 2.18. The minimum atomic E-state index is -3.30. The molecule has 0 radical (unpaired) electrons. The normalized spacial score (nSPS) is 15.8. The number of hydrogen-bond acceptors (Lipinski definition) is 7. The number of nitrogens with one attached hydrogen (secondary N) is 1. The number of hydrogen-bond donors (Lipinski definition) is 1. The number of ether oxygens (including phenoxy) is 1. The van der Waals surface area contributed by atoms with Gasteiger partial charge in [-0.05, 0) is 42.0 Å². The number of benzene rings is 2. The van der Waals surface area contributed by atoms with Crippen LogP contribution in [0.4, 0.5) is 17.2 Å². The number of anilines is 3. The Morgan fingerprint density at radius 2 is 1.85 bits per heavy atom. The number of fused-ring (bicyclic) bond motifs is 1. The zero-order valence-electron chi connectivity index (χ0n) is 18.5. The number of morpholine rings is 1. The maximum Gasteiger partial charge on any atom is 0.175 e. The lowest BCUT2D eigenvalue weighted by molar-refractivity contribution is 0.122. The molecule has 0 spiro atoms. The van der Waals surface area contributed by atoms with E-state index < -0.39 is 9.84 Å². The van der Waals surface area contributed by atoms with E-state index in [1.165, 1.54) is 6.26 Å². The van der Waals surface area contributed by atoms with Gasteiger partial charge in [0.2, 0.25) is 0 Å². The van der Waals surface area contributed by atoms with Crippen molar-refractivity contribution in [2.45, 2.75) is 17.9 Å². The first-order valence-corrected chi connectivity index (χ1v) is 12.9. The van der Waals surface area contributed by atoms with Gasteiger partial charge >= 0.3 is 0 Å². The Morgan fingerprint density at radius 3 is 2.67 bits per heavy atom. The molecule has 2 aliphatic rings. The van der Waals surface area contributed by atoms with Crippen LogP contribution in [0.3, 0.4) is 0 Å². The van der Waals surface area contributed by atoms with E-state index in [-0.39, 0.29) is 4.90 Å². The molecule has 0 saturated carbocycles. The Bertz CT molecular complexity index is 1310. The lowest BCUT2D eigenvalue weighted by Crippen LogP contribution is -2.36. The first kappa shape index (κ1) is 21.6. The van der Waals surface area contributed by atoms with Crippen LogP contribution in [-0.2, 0) is 27.5 Å². The van der Waals surface area contributed by atoms with Gasteiger partial charge in [0.05, 0.1) is 30.3 Å². The fourth-order valence-corrected chi connectivity index (χ4v) is 4.84. The highest BCUT2D eigenvalue weighted by molar-refractivity contribution is 7.90. The molecule has 8 heteroatoms. The van der Waals surface area contributed by atoms with E-state index in [0.717, 1.165) is 72.3 Å². The van der Waals surface area contributed by atoms with E-state index in [1.807, 2.05) is 30.5 Å². The van der Waals surface area contributed by atoms with Crippen molar-refractivity contribution < 1.29 is 13.2 Å². The number of sulfone groups is 1. The molecular weight excluding hydrogens is 436 g/mol. The molecule has 2 aliphatic heterocycles. The van der Waals surface area contributed by atoms with Crippen molar-refractivity contribution in [3.05, 3.63) is 65.7 Å². The van der Waals surface area contributed by atoms with Gasteiger partial charge in [0.1, 0.15) is 5.82 Å². The third-order valence-electron chi connectivity index (χ3n) is 5.95. The second-order valence-corrected chi connectivity index (χ2v) is 10.3. The lowest BCUT2D eigenvalue weighted by Gasteiger charge is -2.29. The summed E-state index contributed by atoms with van der Waals surface area (Å²) in [4.78, 5) is 12.0. The zero-order chi connectivity index (χ0) is 22.8. The zero-order valence-corrected chi connectivity index (χ0v) is 19.3. The number of aromatic nitrogens is 1. The molecule has 170 valence electrons. The lowest BCUT2D eigenvalue weighted by atomic mass is 10.0. The van der Waals surface area contributed by atoms with E-state index in [0.29, 0.717) is 6.54 Å². The molecule has 1 aromatic heterocycles. The molecule has 0 bridgehead atoms. The fourth-order valence-electron chi connectivity index (χ4n) is 4.18. The van der Waals surface area contributed by atoms with Gasteiger partial charge < -0.3 is 15.0 Å². The maximum atomic E-state index is 12.1. The van der Waals surface area contributed by atoms with Gasteiger partial charge in [-0.3, -0.25) is 4.99 Å². The minimum Gasteiger partial charge on any atom is -0.378 e. The molecule has 5 rings (SSSR count). The number of pyridine rings is 1. The van der Waals surface area contributed by atoms with Crippen molar-refractivity contribution in [1.82, 2.24) is 4.98 Å². The number of rotatable bonds is 5. The molecule has 0 unspecified atom stereocenters. The first-order valence-electron chi connectivity index (χ1n) is 11.0. The van der Waals surface area contributed by atoms with Gasteiger partial charge in [0.25, 0.3) is 0 Å². The van der Waals surface area contributed by atoms with Crippen molar-refractivity contribution in [3.8, 4) is 11.3 Å². The summed E-state index contributed by atoms with van der Waals surface area (Å²) in [5, 5.41) is 3.51. The second kappa shape index (κ2) is 8.96. The summed E-state index contributed by atoms with van der Waals surface area (Å²) in [6.45, 7) is 3.78. The van der Waals surface area contributed by atoms with Gasteiger partial charge in [-0.2, -0.15) is 0 Å². The molecule has 33 heavy (non-hydrogen) atoms. The van der Waals surface area contributed by atoms with Crippen LogP contribution in [0.2, 0.25) is 0 Å². The van der Waals surface area contributed by atoms with E-state index in [2.05, 4.69) is 27.3 Å². The topological polar surface area (TPSA) is 83.9 Å². The summed E-state index contributed by atoms with van der Waals surface area (Å²) < 4.78 is 29.6. The van der Waals surface area contributed by atoms with Crippen LogP contribution >= 0.6 is 0 Å². The molecule has 1 saturated heterocycles. The summed E-state index contributed by atoms with van der Waals surface area (Å²) in [6.07, 6.45) is 3.86. The largest absolute Gasteiger partial charge is 0.378 e. The van der Waals surface area contributed by atoms with Crippen LogP contribution in [-0.4, -0.2) is 52.2 Å². The molecule has 7 nitrogen and oxygen atoms in total. The Balaban J connectivity index is 1.52. The number of aliphatic imine (C=N–C) groups is 1. The summed E-state index contributed by atoms with van der Waals surface area (Å²) in [5.41, 5.74) is 5.82. The van der Waals surface area contributed by atoms with E-state index in [9.17, 15) is 8.42 Å². The minimum absolute atomic E-state index is 0.286. The van der Waals surface area contributed by atoms with E-state index in [4.69, 9.17) is 9.72 Å². The van der Waals surface area contributed by atoms with Gasteiger partial charge in [0, 0.05) is 54.5 Å². The Morgan fingerprint density at radius 1 is 1.03 bits per heavy atom. The van der Waals surface area contributed by atoms with Crippen molar-refractivity contribution in [3.63, 3.8) is 0 Å². The predicted octanol–water partition coefficient (Wildman–Crippen LogP) is 3.86. The van der Waals surface area contributed by atoms with Crippen LogP contribution < -0.4 is 10.2 Å². The Hall–Kier alpha value is -3.23. The van der Waals surface area contributed by atoms with E-state index >= 15 is 0 Å². The highest BCUT2D eigenvalue weighted by Crippen LogP contribution is 2.32. The fraction of sp³-hybridized carbons (Fsp3) is 0.280. The third kappa shape index (κ3) is 4.77. The average Bonchev–Trinajstić information content (AvgIpc) is 2.84. The SMILES string of the molecule is CS(=O)(=O)c1cccc(-c2cc3c(c(Nc4cccc(N5CCOCC5)c4)n2)CN=CC3)c1. The van der Waals surface area contributed by atoms with Crippen molar-refractivity contribution >= 4 is 33.2 Å². The molecule has 0 amide bonds. The first-order chi connectivity index (χ1) is 16.0. The Kier molecular flexibility index (Phi) is 5.86. The summed E-state index contributed by atoms with van der Waals surface area (Å²) >= 11 is 0. The quantitative estimate of drug-likeness (QED) is 0.620. The van der Waals surface area contributed by atoms with E-state index in [1.54, 1.807) is 18.2 Å². The molecule has 0 atom stereocenters. The van der Waals surface area contributed by atoms with Crippen molar-refractivity contribution in [2.75, 3.05) is 42.8 Å². The van der Waals surface area contributed by atoms with Gasteiger partial charge in [-0.15, -0.1) is 0 Å². The molecule has 0 aliphatic carbocycles. The molecule has 1 fully saturated rings. The molecule has 1 N–H and O–H groups in total. The van der Waals surface area contributed by atoms with Gasteiger partial charge in [-0.25, -0.2) is 13.4 Å². The molecular formula is C25H26N4O3S. The van der Waals surface area contributed by atoms with Gasteiger partial charge in [0.15, 0.2) is 9.84 Å². The summed E-state index contributed by atoms with van der Waals surface area (Å²) in [7, 11) is -3.30. The average molecular weight is 463 g/mol. The van der Waals surface area contributed by atoms with Crippen LogP contribution in [0.25, 0.3) is 11.3 Å². The van der Waals surface area contributed by atoms with Crippen molar-refractivity contribution in [1.29, 1.82) is 0 Å². The third-order valence-corrected chi connectivity index (χ3v) is 7.06. The van der Waals surface area contributed by atoms with Crippen LogP contribution in [0.5, 0.6) is 0 Å². The van der Waals surface area contributed by atoms with Crippen LogP contribution in [0.15, 0.2) is 64.5 Å². The summed E-state index contributed by atoms with van der Waals surface area (Å²) in [6, 6.07) is 17.3. The standard InChI is InChI=1S/C25H26N4O3S/c1-33(30,31)22-7-2-4-19(14-22)24-15-18-8-9-26-17-23(18)25(28-24)27-20-5-3-6-21(16-20)29-10-12-32-13-11-29/h2-7,9,14-16H,8,10-13,17H2,1H3,(H,27,28). The summed E-state index contributed by atoms with van der Waals surface area (Å²) in [5.74, 6) is 0.753. The second-order valence-electron chi connectivity index (χ2n) is 8.30. The van der Waals surface area contributed by atoms with Crippen LogP contribution in [0, 0.1) is 0 Å². The monoisotopic (exact) mass is 462 g/mol. The smallest absolute Gasteiger partial charge is 0.175 e. The number of nitrogens with zero attached hydrogens (tertiary/aromatic N) is 3. The van der Waals surface area contributed by atoms with Crippen molar-refractivity contribution in [2.24, 2.45) is 4.99 Å². The van der Waals surface area contributed by atoms with Crippen LogP contribution in [0.1, 0.15) is 11.1 Å². The highest BCUT2D eigenvalue weighted by atomic mass is 32.2. The molecule has 3 heterocycles. The maximum absolute atomic E-state index is 12.1. The molecule has 3 aromatic rings. The molecule has 2 aromatic carbocycles. The van der Waals surface area contributed by atoms with Gasteiger partial charge in [-0.1, -0.05) is 18.2 Å².